The number of nitrogens with zero attached hydrogens (tertiary/aromatic N) is 3. The van der Waals surface area contributed by atoms with Crippen LogP contribution >= 0.6 is 0 Å². The van der Waals surface area contributed by atoms with Gasteiger partial charge in [0.1, 0.15) is 0 Å². The summed E-state index contributed by atoms with van der Waals surface area (Å²) in [5.74, 6) is -1.70. The molecule has 0 N–H and O–H groups in total. The van der Waals surface area contributed by atoms with Gasteiger partial charge in [0.15, 0.2) is 0 Å². The Hall–Kier alpha value is -4.00. The first-order chi connectivity index (χ1) is 16.9. The van der Waals surface area contributed by atoms with Crippen molar-refractivity contribution in [3.63, 3.8) is 0 Å². The van der Waals surface area contributed by atoms with Crippen molar-refractivity contribution < 1.29 is 19.2 Å². The smallest absolute Gasteiger partial charge is 0.278 e. The molecule has 0 spiro atoms. The fraction of sp³-hybridized carbons (Fsp3) is 0.286. The molecule has 0 aromatic heterocycles. The third-order valence-electron chi connectivity index (χ3n) is 6.94. The number of hydrogen-bond acceptors (Lipinski definition) is 5. The van der Waals surface area contributed by atoms with Crippen molar-refractivity contribution in [1.29, 1.82) is 0 Å². The molecule has 2 heterocycles. The Labute approximate surface area is 203 Å². The molecule has 0 saturated heterocycles. The van der Waals surface area contributed by atoms with Gasteiger partial charge in [0.25, 0.3) is 23.6 Å². The third-order valence-corrected chi connectivity index (χ3v) is 6.94. The molecule has 3 aromatic rings. The van der Waals surface area contributed by atoms with Crippen molar-refractivity contribution >= 4 is 40.1 Å². The highest BCUT2D eigenvalue weighted by molar-refractivity contribution is 6.33. The molecular weight excluding hydrogens is 442 g/mol. The van der Waals surface area contributed by atoms with E-state index in [0.29, 0.717) is 38.7 Å². The third kappa shape index (κ3) is 3.33. The van der Waals surface area contributed by atoms with Gasteiger partial charge in [-0.15, -0.1) is 0 Å². The van der Waals surface area contributed by atoms with Crippen LogP contribution in [0, 0.1) is 0 Å². The Morgan fingerprint density at radius 3 is 1.51 bits per heavy atom. The molecule has 7 heteroatoms. The molecule has 0 atom stereocenters. The van der Waals surface area contributed by atoms with Crippen LogP contribution in [0.1, 0.15) is 81.0 Å². The monoisotopic (exact) mass is 469 g/mol. The van der Waals surface area contributed by atoms with Crippen LogP contribution < -0.4 is 5.01 Å². The van der Waals surface area contributed by atoms with Gasteiger partial charge in [-0.2, -0.15) is 5.01 Å². The standard InChI is InChI=1S/C28H27N3O4/c1-4-9-18(10-5-2)30-25(32)19-13-15-21-24-22(16-14-20(23(19)24)26(30)33)28(35)31(27(21)34)29(3)17-11-7-6-8-12-17/h6-8,11-16,18H,4-5,9-10H2,1-3H3. The second kappa shape index (κ2) is 8.65. The lowest BCUT2D eigenvalue weighted by molar-refractivity contribution is 0.0515. The molecule has 4 amide bonds. The van der Waals surface area contributed by atoms with Gasteiger partial charge < -0.3 is 0 Å². The number of carbonyl (C=O) groups is 4. The molecular formula is C28H27N3O4. The van der Waals surface area contributed by atoms with Gasteiger partial charge in [0.2, 0.25) is 0 Å². The maximum absolute atomic E-state index is 13.6. The normalized spacial score (nSPS) is 15.0. The van der Waals surface area contributed by atoms with Crippen LogP contribution in [0.3, 0.4) is 0 Å². The molecule has 0 bridgehead atoms. The van der Waals surface area contributed by atoms with Crippen LogP contribution in [0.4, 0.5) is 5.69 Å². The van der Waals surface area contributed by atoms with E-state index in [1.165, 1.54) is 9.91 Å². The van der Waals surface area contributed by atoms with Crippen LogP contribution in [0.2, 0.25) is 0 Å². The van der Waals surface area contributed by atoms with E-state index < -0.39 is 11.8 Å². The van der Waals surface area contributed by atoms with Gasteiger partial charge in [-0.05, 0) is 49.2 Å². The first kappa shape index (κ1) is 22.8. The summed E-state index contributed by atoms with van der Waals surface area (Å²) < 4.78 is 0. The lowest BCUT2D eigenvalue weighted by Gasteiger charge is -2.37. The van der Waals surface area contributed by atoms with E-state index in [1.807, 2.05) is 44.2 Å². The van der Waals surface area contributed by atoms with E-state index in [9.17, 15) is 19.2 Å². The number of para-hydroxylation sites is 1. The first-order valence-corrected chi connectivity index (χ1v) is 12.1. The van der Waals surface area contributed by atoms with Gasteiger partial charge in [-0.25, -0.2) is 0 Å². The summed E-state index contributed by atoms with van der Waals surface area (Å²) in [4.78, 5) is 55.6. The Morgan fingerprint density at radius 1 is 0.657 bits per heavy atom. The number of carbonyl (C=O) groups excluding carboxylic acids is 4. The Balaban J connectivity index is 1.65. The number of amides is 4. The van der Waals surface area contributed by atoms with Crippen molar-refractivity contribution in [2.24, 2.45) is 0 Å². The molecule has 178 valence electrons. The van der Waals surface area contributed by atoms with E-state index in [0.717, 1.165) is 30.7 Å². The van der Waals surface area contributed by atoms with E-state index in [4.69, 9.17) is 0 Å². The molecule has 0 fully saturated rings. The average molecular weight is 470 g/mol. The number of benzene rings is 3. The van der Waals surface area contributed by atoms with Crippen molar-refractivity contribution in [3.8, 4) is 0 Å². The summed E-state index contributed by atoms with van der Waals surface area (Å²) in [5, 5.41) is 3.41. The van der Waals surface area contributed by atoms with Crippen molar-refractivity contribution in [2.75, 3.05) is 12.1 Å². The topological polar surface area (TPSA) is 78.0 Å². The highest BCUT2D eigenvalue weighted by atomic mass is 16.2. The van der Waals surface area contributed by atoms with Crippen LogP contribution in [0.25, 0.3) is 10.8 Å². The van der Waals surface area contributed by atoms with Crippen LogP contribution in [0.5, 0.6) is 0 Å². The van der Waals surface area contributed by atoms with Crippen LogP contribution in [-0.2, 0) is 0 Å². The zero-order chi connectivity index (χ0) is 24.9. The van der Waals surface area contributed by atoms with Crippen molar-refractivity contribution in [3.05, 3.63) is 76.9 Å². The molecule has 0 radical (unpaired) electrons. The zero-order valence-electron chi connectivity index (χ0n) is 20.1. The highest BCUT2D eigenvalue weighted by Gasteiger charge is 2.42. The fourth-order valence-electron chi connectivity index (χ4n) is 5.31. The predicted molar refractivity (Wildman–Crippen MR) is 133 cm³/mol. The van der Waals surface area contributed by atoms with Gasteiger partial charge in [-0.3, -0.25) is 29.1 Å². The quantitative estimate of drug-likeness (QED) is 0.453. The summed E-state index contributed by atoms with van der Waals surface area (Å²) in [7, 11) is 1.66. The molecule has 2 aliphatic heterocycles. The molecule has 7 nitrogen and oxygen atoms in total. The second-order valence-electron chi connectivity index (χ2n) is 9.06. The molecule has 3 aromatic carbocycles. The van der Waals surface area contributed by atoms with Crippen molar-refractivity contribution in [1.82, 2.24) is 9.91 Å². The van der Waals surface area contributed by atoms with Crippen LogP contribution in [-0.4, -0.2) is 46.6 Å². The maximum atomic E-state index is 13.6. The van der Waals surface area contributed by atoms with Crippen molar-refractivity contribution in [2.45, 2.75) is 45.6 Å². The number of anilines is 1. The Morgan fingerprint density at radius 2 is 1.09 bits per heavy atom. The number of rotatable bonds is 7. The molecule has 35 heavy (non-hydrogen) atoms. The largest absolute Gasteiger partial charge is 0.280 e. The molecule has 0 saturated carbocycles. The molecule has 0 aliphatic carbocycles. The number of hydrogen-bond donors (Lipinski definition) is 0. The van der Waals surface area contributed by atoms with E-state index in [2.05, 4.69) is 0 Å². The lowest BCUT2D eigenvalue weighted by Crippen LogP contribution is -2.51. The Bertz CT molecular complexity index is 1310. The summed E-state index contributed by atoms with van der Waals surface area (Å²) in [6.07, 6.45) is 3.18. The average Bonchev–Trinajstić information content (AvgIpc) is 2.86. The highest BCUT2D eigenvalue weighted by Crippen LogP contribution is 2.39. The first-order valence-electron chi connectivity index (χ1n) is 12.1. The molecule has 0 unspecified atom stereocenters. The Kier molecular flexibility index (Phi) is 5.63. The van der Waals surface area contributed by atoms with E-state index in [-0.39, 0.29) is 17.9 Å². The van der Waals surface area contributed by atoms with Gasteiger partial charge in [-0.1, -0.05) is 44.9 Å². The zero-order valence-corrected chi connectivity index (χ0v) is 20.1. The minimum atomic E-state index is -0.491. The lowest BCUT2D eigenvalue weighted by atomic mass is 9.85. The SMILES string of the molecule is CCCC(CCC)N1C(=O)c2ccc3c4c(ccc(c24)C1=O)C(=O)N(N(C)c1ccccc1)C3=O. The predicted octanol–water partition coefficient (Wildman–Crippen LogP) is 5.05. The fourth-order valence-corrected chi connectivity index (χ4v) is 5.31. The van der Waals surface area contributed by atoms with Gasteiger partial charge in [0.05, 0.1) is 16.8 Å². The minimum absolute atomic E-state index is 0.182. The molecule has 5 rings (SSSR count). The maximum Gasteiger partial charge on any atom is 0.280 e. The number of hydrazine groups is 1. The number of imide groups is 2. The van der Waals surface area contributed by atoms with Gasteiger partial charge in [0, 0.05) is 35.0 Å². The summed E-state index contributed by atoms with van der Waals surface area (Å²) in [6, 6.07) is 15.4. The summed E-state index contributed by atoms with van der Waals surface area (Å²) in [6.45, 7) is 4.08. The van der Waals surface area contributed by atoms with Crippen LogP contribution in [0.15, 0.2) is 54.6 Å². The summed E-state index contributed by atoms with van der Waals surface area (Å²) >= 11 is 0. The van der Waals surface area contributed by atoms with E-state index >= 15 is 0 Å². The minimum Gasteiger partial charge on any atom is -0.278 e. The molecule has 2 aliphatic rings. The summed E-state index contributed by atoms with van der Waals surface area (Å²) in [5.41, 5.74) is 2.01. The second-order valence-corrected chi connectivity index (χ2v) is 9.06. The van der Waals surface area contributed by atoms with Gasteiger partial charge >= 0.3 is 0 Å². The van der Waals surface area contributed by atoms with E-state index in [1.54, 1.807) is 31.3 Å².